The third-order valence-corrected chi connectivity index (χ3v) is 2.45. The van der Waals surface area contributed by atoms with E-state index in [4.69, 9.17) is 5.73 Å². The molecule has 2 rings (SSSR count). The number of amides is 1. The Morgan fingerprint density at radius 1 is 1.22 bits per heavy atom. The molecule has 18 heavy (non-hydrogen) atoms. The van der Waals surface area contributed by atoms with Crippen LogP contribution < -0.4 is 11.1 Å². The van der Waals surface area contributed by atoms with Crippen LogP contribution in [0.1, 0.15) is 12.0 Å². The summed E-state index contributed by atoms with van der Waals surface area (Å²) >= 11 is 0. The van der Waals surface area contributed by atoms with E-state index >= 15 is 0 Å². The molecule has 1 amide bonds. The molecule has 0 saturated heterocycles. The van der Waals surface area contributed by atoms with Crippen LogP contribution in [0.3, 0.4) is 0 Å². The second-order valence-electron chi connectivity index (χ2n) is 3.88. The fourth-order valence-corrected chi connectivity index (χ4v) is 1.51. The van der Waals surface area contributed by atoms with Gasteiger partial charge in [0.05, 0.1) is 6.20 Å². The maximum Gasteiger partial charge on any atom is 0.225 e. The van der Waals surface area contributed by atoms with Crippen molar-refractivity contribution in [1.82, 2.24) is 9.97 Å². The Balaban J connectivity index is 1.83. The summed E-state index contributed by atoms with van der Waals surface area (Å²) in [6, 6.07) is 7.50. The molecule has 0 fully saturated rings. The molecule has 0 saturated carbocycles. The average molecular weight is 242 g/mol. The number of nitrogens with zero attached hydrogens (tertiary/aromatic N) is 2. The Bertz CT molecular complexity index is 510. The first kappa shape index (κ1) is 12.0. The molecule has 2 aromatic rings. The van der Waals surface area contributed by atoms with Gasteiger partial charge < -0.3 is 11.1 Å². The van der Waals surface area contributed by atoms with Crippen LogP contribution in [0.15, 0.2) is 42.9 Å². The smallest absolute Gasteiger partial charge is 0.225 e. The quantitative estimate of drug-likeness (QED) is 0.798. The molecule has 3 N–H and O–H groups in total. The zero-order chi connectivity index (χ0) is 12.8. The van der Waals surface area contributed by atoms with E-state index in [1.54, 1.807) is 6.20 Å². The highest BCUT2D eigenvalue weighted by Crippen LogP contribution is 2.08. The van der Waals surface area contributed by atoms with Crippen LogP contribution in [0, 0.1) is 0 Å². The van der Waals surface area contributed by atoms with Crippen molar-refractivity contribution < 1.29 is 4.79 Å². The normalized spacial score (nSPS) is 10.0. The molecule has 1 aromatic heterocycles. The number of benzene rings is 1. The van der Waals surface area contributed by atoms with Crippen molar-refractivity contribution in [2.75, 3.05) is 11.1 Å². The molecule has 0 unspecified atom stereocenters. The molecule has 0 bridgehead atoms. The van der Waals surface area contributed by atoms with E-state index in [0.717, 1.165) is 11.3 Å². The van der Waals surface area contributed by atoms with E-state index in [2.05, 4.69) is 15.3 Å². The summed E-state index contributed by atoms with van der Waals surface area (Å²) in [5, 5.41) is 2.69. The highest BCUT2D eigenvalue weighted by atomic mass is 16.1. The predicted octanol–water partition coefficient (Wildman–Crippen LogP) is 1.63. The number of carbonyl (C=O) groups is 1. The third-order valence-electron chi connectivity index (χ3n) is 2.45. The second-order valence-corrected chi connectivity index (χ2v) is 3.88. The van der Waals surface area contributed by atoms with Crippen LogP contribution in [0.2, 0.25) is 0 Å². The molecule has 0 radical (unpaired) electrons. The van der Waals surface area contributed by atoms with Gasteiger partial charge in [-0.3, -0.25) is 9.78 Å². The molecule has 5 heteroatoms. The summed E-state index contributed by atoms with van der Waals surface area (Å²) in [7, 11) is 0. The first-order chi connectivity index (χ1) is 8.74. The summed E-state index contributed by atoms with van der Waals surface area (Å²) in [5.41, 5.74) is 7.40. The molecular weight excluding hydrogens is 228 g/mol. The van der Waals surface area contributed by atoms with Crippen LogP contribution in [0.4, 0.5) is 11.5 Å². The minimum Gasteiger partial charge on any atom is -0.399 e. The topological polar surface area (TPSA) is 80.9 Å². The first-order valence-corrected chi connectivity index (χ1v) is 5.64. The van der Waals surface area contributed by atoms with Gasteiger partial charge >= 0.3 is 0 Å². The molecule has 5 nitrogen and oxygen atoms in total. The zero-order valence-corrected chi connectivity index (χ0v) is 9.84. The van der Waals surface area contributed by atoms with Gasteiger partial charge in [0.1, 0.15) is 0 Å². The highest BCUT2D eigenvalue weighted by Gasteiger charge is 2.03. The van der Waals surface area contributed by atoms with E-state index in [-0.39, 0.29) is 5.91 Å². The van der Waals surface area contributed by atoms with Gasteiger partial charge in [0, 0.05) is 24.5 Å². The molecule has 1 aromatic carbocycles. The fourth-order valence-electron chi connectivity index (χ4n) is 1.51. The summed E-state index contributed by atoms with van der Waals surface area (Å²) in [6.45, 7) is 0. The number of nitrogens with one attached hydrogen (secondary N) is 1. The number of hydrogen-bond acceptors (Lipinski definition) is 4. The molecule has 92 valence electrons. The van der Waals surface area contributed by atoms with Gasteiger partial charge in [0.2, 0.25) is 5.91 Å². The number of aryl methyl sites for hydroxylation is 1. The van der Waals surface area contributed by atoms with Gasteiger partial charge in [0.15, 0.2) is 5.82 Å². The number of anilines is 2. The van der Waals surface area contributed by atoms with Gasteiger partial charge in [-0.2, -0.15) is 0 Å². The number of nitrogen functional groups attached to an aromatic ring is 1. The van der Waals surface area contributed by atoms with Gasteiger partial charge in [-0.05, 0) is 24.1 Å². The standard InChI is InChI=1S/C13H14N4O/c14-11-4-1-10(2-5-11)3-6-13(18)17-12-9-15-7-8-16-12/h1-2,4-5,7-9H,3,6,14H2,(H,16,17,18). The van der Waals surface area contributed by atoms with Crippen molar-refractivity contribution in [1.29, 1.82) is 0 Å². The summed E-state index contributed by atoms with van der Waals surface area (Å²) < 4.78 is 0. The van der Waals surface area contributed by atoms with Crippen molar-refractivity contribution >= 4 is 17.4 Å². The van der Waals surface area contributed by atoms with Crippen LogP contribution in [0.25, 0.3) is 0 Å². The molecule has 0 aliphatic rings. The maximum atomic E-state index is 11.6. The highest BCUT2D eigenvalue weighted by molar-refractivity contribution is 5.89. The van der Waals surface area contributed by atoms with Gasteiger partial charge in [-0.25, -0.2) is 4.98 Å². The second kappa shape index (κ2) is 5.77. The van der Waals surface area contributed by atoms with E-state index in [1.165, 1.54) is 12.4 Å². The lowest BCUT2D eigenvalue weighted by molar-refractivity contribution is -0.116. The van der Waals surface area contributed by atoms with E-state index in [1.807, 2.05) is 24.3 Å². The maximum absolute atomic E-state index is 11.6. The van der Waals surface area contributed by atoms with Gasteiger partial charge in [0.25, 0.3) is 0 Å². The number of carbonyl (C=O) groups excluding carboxylic acids is 1. The Kier molecular flexibility index (Phi) is 3.86. The Morgan fingerprint density at radius 2 is 2.00 bits per heavy atom. The number of hydrogen-bond donors (Lipinski definition) is 2. The fraction of sp³-hybridized carbons (Fsp3) is 0.154. The monoisotopic (exact) mass is 242 g/mol. The molecule has 0 aliphatic carbocycles. The summed E-state index contributed by atoms with van der Waals surface area (Å²) in [4.78, 5) is 19.5. The van der Waals surface area contributed by atoms with Crippen LogP contribution >= 0.6 is 0 Å². The lowest BCUT2D eigenvalue weighted by Gasteiger charge is -2.04. The van der Waals surface area contributed by atoms with Crippen LogP contribution in [-0.2, 0) is 11.2 Å². The van der Waals surface area contributed by atoms with Crippen molar-refractivity contribution in [2.24, 2.45) is 0 Å². The zero-order valence-electron chi connectivity index (χ0n) is 9.84. The van der Waals surface area contributed by atoms with Crippen molar-refractivity contribution in [3.63, 3.8) is 0 Å². The van der Waals surface area contributed by atoms with Crippen molar-refractivity contribution in [3.8, 4) is 0 Å². The Hall–Kier alpha value is -2.43. The van der Waals surface area contributed by atoms with Crippen LogP contribution in [-0.4, -0.2) is 15.9 Å². The summed E-state index contributed by atoms with van der Waals surface area (Å²) in [6.07, 6.45) is 5.69. The summed E-state index contributed by atoms with van der Waals surface area (Å²) in [5.74, 6) is 0.395. The molecule has 0 spiro atoms. The van der Waals surface area contributed by atoms with Crippen molar-refractivity contribution in [2.45, 2.75) is 12.8 Å². The van der Waals surface area contributed by atoms with Gasteiger partial charge in [-0.1, -0.05) is 12.1 Å². The lowest BCUT2D eigenvalue weighted by atomic mass is 10.1. The SMILES string of the molecule is Nc1ccc(CCC(=O)Nc2cnccn2)cc1. The Labute approximate surface area is 105 Å². The molecule has 0 aliphatic heterocycles. The van der Waals surface area contributed by atoms with E-state index in [0.29, 0.717) is 18.7 Å². The minimum absolute atomic E-state index is 0.0766. The van der Waals surface area contributed by atoms with Crippen LogP contribution in [0.5, 0.6) is 0 Å². The molecule has 0 atom stereocenters. The largest absolute Gasteiger partial charge is 0.399 e. The third kappa shape index (κ3) is 3.55. The number of rotatable bonds is 4. The molecule has 1 heterocycles. The Morgan fingerprint density at radius 3 is 2.67 bits per heavy atom. The van der Waals surface area contributed by atoms with Gasteiger partial charge in [-0.15, -0.1) is 0 Å². The average Bonchev–Trinajstić information content (AvgIpc) is 2.39. The minimum atomic E-state index is -0.0766. The predicted molar refractivity (Wildman–Crippen MR) is 69.8 cm³/mol. The lowest BCUT2D eigenvalue weighted by Crippen LogP contribution is -2.13. The van der Waals surface area contributed by atoms with E-state index in [9.17, 15) is 4.79 Å². The van der Waals surface area contributed by atoms with E-state index < -0.39 is 0 Å². The number of nitrogens with two attached hydrogens (primary N) is 1. The number of aromatic nitrogens is 2. The first-order valence-electron chi connectivity index (χ1n) is 5.64. The molecular formula is C13H14N4O. The van der Waals surface area contributed by atoms with Crippen molar-refractivity contribution in [3.05, 3.63) is 48.4 Å².